The number of carboxylic acids is 4. The van der Waals surface area contributed by atoms with E-state index in [0.29, 0.717) is 38.5 Å². The largest absolute Gasteiger partial charge is 0.550 e. The van der Waals surface area contributed by atoms with Crippen molar-refractivity contribution < 1.29 is 39.6 Å². The fraction of sp³-hybridized carbons (Fsp3) is 0.529. The third-order valence-electron chi connectivity index (χ3n) is 6.89. The molecule has 2 unspecified atom stereocenters. The molecule has 0 aliphatic carbocycles. The van der Waals surface area contributed by atoms with Crippen molar-refractivity contribution in [2.45, 2.75) is 99.8 Å². The summed E-state index contributed by atoms with van der Waals surface area (Å²) in [5.41, 5.74) is 1.82. The van der Waals surface area contributed by atoms with Crippen LogP contribution in [-0.2, 0) is 32.0 Å². The van der Waals surface area contributed by atoms with E-state index in [2.05, 4.69) is 13.8 Å². The number of benzene rings is 2. The molecule has 0 bridgehead atoms. The van der Waals surface area contributed by atoms with Crippen molar-refractivity contribution in [1.29, 1.82) is 0 Å². The van der Waals surface area contributed by atoms with Gasteiger partial charge in [0.05, 0.1) is 0 Å². The Bertz CT molecular complexity index is 932. The Kier molecular flexibility index (Phi) is 24.9. The average molecular weight is 703 g/mol. The van der Waals surface area contributed by atoms with Crippen molar-refractivity contribution >= 4 is 45.0 Å². The standard InChI is InChI=1S/2C13H16O4.2C4H9.Sn.2H/c2*14-12(15)8-4-7-11(13(16)17)9-10-5-2-1-3-6-10;2*1-3-4-2;;;/h2*1-3,5-6,11H,4,7-9H2,(H,14,15)(H,16,17);2*1,3-4H2,2H3;;;/q;;;;+4;;/p-4. The van der Waals surface area contributed by atoms with E-state index in [1.165, 1.54) is 25.7 Å². The minimum atomic E-state index is -1.15. The summed E-state index contributed by atoms with van der Waals surface area (Å²) >= 11 is -0.159. The van der Waals surface area contributed by atoms with Crippen LogP contribution in [0, 0.1) is 11.8 Å². The molecule has 43 heavy (non-hydrogen) atoms. The zero-order valence-electron chi connectivity index (χ0n) is 25.8. The van der Waals surface area contributed by atoms with E-state index in [-0.39, 0.29) is 34.0 Å². The van der Waals surface area contributed by atoms with E-state index in [1.54, 1.807) is 8.87 Å². The molecule has 0 fully saturated rings. The van der Waals surface area contributed by atoms with Crippen molar-refractivity contribution in [3.63, 3.8) is 0 Å². The van der Waals surface area contributed by atoms with E-state index in [9.17, 15) is 39.6 Å². The van der Waals surface area contributed by atoms with Crippen molar-refractivity contribution in [1.82, 2.24) is 0 Å². The van der Waals surface area contributed by atoms with Crippen LogP contribution >= 0.6 is 0 Å². The first-order valence-electron chi connectivity index (χ1n) is 15.5. The summed E-state index contributed by atoms with van der Waals surface area (Å²) in [4.78, 5) is 42.3. The number of hydrogen-bond acceptors (Lipinski definition) is 8. The smallest absolute Gasteiger partial charge is 0.0448 e. The van der Waals surface area contributed by atoms with Gasteiger partial charge in [-0.05, 0) is 62.5 Å². The monoisotopic (exact) mass is 704 g/mol. The van der Waals surface area contributed by atoms with Crippen molar-refractivity contribution in [3.05, 3.63) is 71.8 Å². The van der Waals surface area contributed by atoms with Gasteiger partial charge in [0, 0.05) is 35.7 Å². The van der Waals surface area contributed by atoms with Gasteiger partial charge in [0.2, 0.25) is 0 Å². The van der Waals surface area contributed by atoms with E-state index >= 15 is 0 Å². The Balaban J connectivity index is 0.000000648. The van der Waals surface area contributed by atoms with Crippen LogP contribution in [0.5, 0.6) is 0 Å². The second kappa shape index (κ2) is 26.7. The maximum atomic E-state index is 10.9. The van der Waals surface area contributed by atoms with Gasteiger partial charge in [-0.3, -0.25) is 0 Å². The van der Waals surface area contributed by atoms with E-state index in [1.807, 2.05) is 60.7 Å². The average Bonchev–Trinajstić information content (AvgIpc) is 2.97. The zero-order chi connectivity index (χ0) is 32.3. The molecule has 4 radical (unpaired) electrons. The predicted octanol–water partition coefficient (Wildman–Crippen LogP) is 1.62. The van der Waals surface area contributed by atoms with Gasteiger partial charge < -0.3 is 39.6 Å². The number of hydrogen-bond donors (Lipinski definition) is 0. The summed E-state index contributed by atoms with van der Waals surface area (Å²) in [6, 6.07) is 18.4. The van der Waals surface area contributed by atoms with Crippen LogP contribution in [0.3, 0.4) is 0 Å². The third kappa shape index (κ3) is 24.3. The maximum absolute atomic E-state index is 10.9. The summed E-state index contributed by atoms with van der Waals surface area (Å²) in [5.74, 6) is -5.85. The summed E-state index contributed by atoms with van der Waals surface area (Å²) in [5, 5.41) is 42.3. The maximum Gasteiger partial charge on any atom is 0.0448 e. The van der Waals surface area contributed by atoms with Gasteiger partial charge >= 0.3 is 69.5 Å². The van der Waals surface area contributed by atoms with Crippen molar-refractivity contribution in [2.75, 3.05) is 0 Å². The number of aliphatic carboxylic acids is 4. The summed E-state index contributed by atoms with van der Waals surface area (Å²) in [6.45, 7) is 4.59. The van der Waals surface area contributed by atoms with Gasteiger partial charge in [-0.2, -0.15) is 0 Å². The SMILES string of the molecule is CCC[CH2][SnH2+4][CH2]CCC.O=C([O-])CCCC(Cc1ccccc1)C(=O)[O-].O=C([O-])CCCC(Cc1ccccc1)C(=O)[O-]. The summed E-state index contributed by atoms with van der Waals surface area (Å²) < 4.78 is 3.33. The molecule has 0 saturated heterocycles. The van der Waals surface area contributed by atoms with Gasteiger partial charge in [0.25, 0.3) is 0 Å². The quantitative estimate of drug-likeness (QED) is 0.149. The van der Waals surface area contributed by atoms with E-state index < -0.39 is 35.7 Å². The normalized spacial score (nSPS) is 11.6. The number of carbonyl (C=O) groups is 4. The van der Waals surface area contributed by atoms with Crippen LogP contribution in [0.2, 0.25) is 8.87 Å². The predicted molar refractivity (Wildman–Crippen MR) is 163 cm³/mol. The van der Waals surface area contributed by atoms with Gasteiger partial charge in [-0.15, -0.1) is 0 Å². The van der Waals surface area contributed by atoms with E-state index in [4.69, 9.17) is 0 Å². The van der Waals surface area contributed by atoms with Gasteiger partial charge in [0.15, 0.2) is 0 Å². The first-order valence-corrected chi connectivity index (χ1v) is 21.2. The Hall–Kier alpha value is -2.88. The zero-order valence-corrected chi connectivity index (χ0v) is 29.8. The Morgan fingerprint density at radius 1 is 0.581 bits per heavy atom. The van der Waals surface area contributed by atoms with Gasteiger partial charge in [0.1, 0.15) is 0 Å². The van der Waals surface area contributed by atoms with Crippen LogP contribution in [0.25, 0.3) is 0 Å². The Morgan fingerprint density at radius 2 is 0.930 bits per heavy atom. The van der Waals surface area contributed by atoms with Crippen molar-refractivity contribution in [3.8, 4) is 0 Å². The first-order chi connectivity index (χ1) is 20.6. The molecule has 0 saturated carbocycles. The number of unbranched alkanes of at least 4 members (excludes halogenated alkanes) is 2. The van der Waals surface area contributed by atoms with Crippen LogP contribution in [0.4, 0.5) is 0 Å². The van der Waals surface area contributed by atoms with Crippen LogP contribution in [0.15, 0.2) is 60.7 Å². The first kappa shape index (κ1) is 40.1. The molecule has 2 aromatic carbocycles. The summed E-state index contributed by atoms with van der Waals surface area (Å²) in [7, 11) is 0. The second-order valence-electron chi connectivity index (χ2n) is 10.7. The Morgan fingerprint density at radius 3 is 1.21 bits per heavy atom. The minimum Gasteiger partial charge on any atom is -0.550 e. The molecular weight excluding hydrogens is 655 g/mol. The number of carboxylic acid groups (broad SMARTS) is 4. The van der Waals surface area contributed by atoms with Crippen LogP contribution in [0.1, 0.15) is 89.2 Å². The molecule has 0 aliphatic rings. The van der Waals surface area contributed by atoms with Gasteiger partial charge in [-0.1, -0.05) is 60.7 Å². The molecule has 8 nitrogen and oxygen atoms in total. The molecule has 0 aliphatic heterocycles. The fourth-order valence-corrected chi connectivity index (χ4v) is 10.3. The number of rotatable bonds is 20. The molecule has 2 rings (SSSR count). The second-order valence-corrected chi connectivity index (χ2v) is 16.8. The molecule has 0 heterocycles. The molecule has 9 heteroatoms. The topological polar surface area (TPSA) is 161 Å². The summed E-state index contributed by atoms with van der Waals surface area (Å²) in [6.07, 6.45) is 7.60. The molecule has 236 valence electrons. The minimum absolute atomic E-state index is 0.113. The molecule has 0 aromatic heterocycles. The van der Waals surface area contributed by atoms with Crippen LogP contribution < -0.4 is 20.4 Å². The molecule has 2 atom stereocenters. The fourth-order valence-electron chi connectivity index (χ4n) is 4.42. The molecular formula is C34H48O8Sn. The molecule has 0 spiro atoms. The molecule has 0 amide bonds. The Labute approximate surface area is 267 Å². The van der Waals surface area contributed by atoms with E-state index in [0.717, 1.165) is 11.1 Å². The third-order valence-corrected chi connectivity index (χ3v) is 12.6. The van der Waals surface area contributed by atoms with Crippen LogP contribution in [-0.4, -0.2) is 45.0 Å². The molecule has 2 aromatic rings. The van der Waals surface area contributed by atoms with Gasteiger partial charge in [-0.25, -0.2) is 0 Å². The van der Waals surface area contributed by atoms with Crippen molar-refractivity contribution in [2.24, 2.45) is 11.8 Å². The number of carbonyl (C=O) groups excluding carboxylic acids is 4. The molecule has 0 N–H and O–H groups in total.